The molecule has 0 saturated carbocycles. The van der Waals surface area contributed by atoms with E-state index in [4.69, 9.17) is 4.39 Å². The molecule has 18 valence electrons. The molecular weight excluding hydrogens is 310 g/mol. The first-order valence-corrected chi connectivity index (χ1v) is 0.189. The molecule has 0 unspecified atom stereocenters. The summed E-state index contributed by atoms with van der Waals surface area (Å²) in [6, 6.07) is 0. The second-order valence-corrected chi connectivity index (χ2v) is 0. The molecule has 0 aliphatic carbocycles. The van der Waals surface area contributed by atoms with Crippen molar-refractivity contribution in [1.82, 2.24) is 0 Å². The van der Waals surface area contributed by atoms with Crippen molar-refractivity contribution in [2.75, 3.05) is 0 Å². The van der Waals surface area contributed by atoms with E-state index < -0.39 is 0 Å². The van der Waals surface area contributed by atoms with Crippen LogP contribution in [-0.2, 0) is 0 Å². The zero-order valence-electron chi connectivity index (χ0n) is 1.96. The van der Waals surface area contributed by atoms with Crippen LogP contribution in [0.25, 0.3) is 0 Å². The summed E-state index contributed by atoms with van der Waals surface area (Å²) in [5.74, 6) is 0. The van der Waals surface area contributed by atoms with Gasteiger partial charge in [-0.3, -0.25) is 0 Å². The second kappa shape index (κ2) is 17.8. The van der Waals surface area contributed by atoms with Gasteiger partial charge in [-0.1, -0.05) is 0 Å². The van der Waals surface area contributed by atoms with Gasteiger partial charge in [-0.05, 0) is 0 Å². The zero-order chi connectivity index (χ0) is 2.00. The first kappa shape index (κ1) is 16.0. The summed E-state index contributed by atoms with van der Waals surface area (Å²) in [5, 5.41) is 0. The van der Waals surface area contributed by atoms with Crippen molar-refractivity contribution in [3.05, 3.63) is 7.18 Å². The molecule has 0 spiro atoms. The normalized spacial score (nSPS) is 1.50. The molecule has 0 atom stereocenters. The molecule has 0 heterocycles. The standard InChI is InChI=1S/CF.Ce.La/c1-2;;. The van der Waals surface area contributed by atoms with Gasteiger partial charge in [-0.25, -0.2) is 4.39 Å². The van der Waals surface area contributed by atoms with Crippen LogP contribution in [-0.4, -0.2) is 0 Å². The van der Waals surface area contributed by atoms with E-state index in [0.717, 1.165) is 0 Å². The molecule has 3 heteroatoms. The molecule has 0 aromatic carbocycles. The van der Waals surface area contributed by atoms with Crippen LogP contribution >= 0.6 is 0 Å². The molecule has 0 amide bonds. The fraction of sp³-hybridized carbons (Fsp3) is 0. The van der Waals surface area contributed by atoms with E-state index in [9.17, 15) is 0 Å². The average molecular weight is 310 g/mol. The molecule has 0 aliphatic rings. The van der Waals surface area contributed by atoms with E-state index in [-0.39, 0.29) is 77.3 Å². The van der Waals surface area contributed by atoms with Gasteiger partial charge in [0.15, 0.2) is 0 Å². The molecule has 4 radical (unpaired) electrons. The molecule has 0 aliphatic heterocycles. The molecule has 4 heavy (non-hydrogen) atoms. The summed E-state index contributed by atoms with van der Waals surface area (Å²) in [4.78, 5) is 0. The third kappa shape index (κ3) is 8.82. The van der Waals surface area contributed by atoms with Crippen molar-refractivity contribution in [3.8, 4) is 0 Å². The zero-order valence-corrected chi connectivity index (χ0v) is 8.72. The smallest absolute Gasteiger partial charge is 0.232 e. The van der Waals surface area contributed by atoms with Crippen molar-refractivity contribution >= 4 is 0 Å². The molecule has 0 aromatic heterocycles. The molecule has 0 bridgehead atoms. The summed E-state index contributed by atoms with van der Waals surface area (Å²) in [7, 11) is 4.25. The number of rotatable bonds is 0. The van der Waals surface area contributed by atoms with E-state index >= 15 is 0 Å². The molecule has 0 rings (SSSR count). The van der Waals surface area contributed by atoms with E-state index in [1.54, 1.807) is 0 Å². The van der Waals surface area contributed by atoms with Crippen molar-refractivity contribution < 1.29 is 81.7 Å². The number of hydrogen-bond acceptors (Lipinski definition) is 0. The van der Waals surface area contributed by atoms with Crippen molar-refractivity contribution in [2.24, 2.45) is 0 Å². The van der Waals surface area contributed by atoms with Crippen molar-refractivity contribution in [2.45, 2.75) is 0 Å². The molecule has 0 aromatic rings. The largest absolute Gasteiger partial charge is 0.232 e. The molecular formula is CCeFLa. The summed E-state index contributed by atoms with van der Waals surface area (Å²) in [6.45, 7) is 0. The molecule has 0 nitrogen and oxygen atoms in total. The van der Waals surface area contributed by atoms with Crippen LogP contribution in [0.15, 0.2) is 0 Å². The Bertz CT molecular complexity index is 8.00. The van der Waals surface area contributed by atoms with Crippen molar-refractivity contribution in [1.29, 1.82) is 0 Å². The Hall–Kier alpha value is 2.50. The fourth-order valence-electron chi connectivity index (χ4n) is 0. The second-order valence-electron chi connectivity index (χ2n) is 0. The Labute approximate surface area is 86.9 Å². The van der Waals surface area contributed by atoms with Gasteiger partial charge in [0, 0.05) is 77.3 Å². The van der Waals surface area contributed by atoms with Crippen LogP contribution in [0.4, 0.5) is 4.39 Å². The predicted octanol–water partition coefficient (Wildman–Crippen LogP) is 0.501. The third-order valence-corrected chi connectivity index (χ3v) is 0. The number of halogens is 1. The van der Waals surface area contributed by atoms with Crippen LogP contribution in [0.5, 0.6) is 0 Å². The van der Waals surface area contributed by atoms with Gasteiger partial charge in [-0.2, -0.15) is 0 Å². The van der Waals surface area contributed by atoms with Gasteiger partial charge in [0.1, 0.15) is 0 Å². The van der Waals surface area contributed by atoms with Gasteiger partial charge in [0.2, 0.25) is 7.18 Å². The predicted molar refractivity (Wildman–Crippen MR) is 4.35 cm³/mol. The Balaban J connectivity index is -0.00000000500. The summed E-state index contributed by atoms with van der Waals surface area (Å²) in [6.07, 6.45) is 0. The quantitative estimate of drug-likeness (QED) is 0.611. The SMILES string of the molecule is [C]F.[Ce].[La]. The Kier molecular flexibility index (Phi) is 71.5. The van der Waals surface area contributed by atoms with Crippen LogP contribution in [0.2, 0.25) is 0 Å². The molecule has 0 fully saturated rings. The van der Waals surface area contributed by atoms with E-state index in [2.05, 4.69) is 7.18 Å². The summed E-state index contributed by atoms with van der Waals surface area (Å²) >= 11 is 0. The maximum Gasteiger partial charge on any atom is 0.232 e. The maximum atomic E-state index is 8.75. The topological polar surface area (TPSA) is 0 Å². The van der Waals surface area contributed by atoms with Gasteiger partial charge in [-0.15, -0.1) is 0 Å². The third-order valence-electron chi connectivity index (χ3n) is 0. The van der Waals surface area contributed by atoms with E-state index in [0.29, 0.717) is 0 Å². The Morgan fingerprint density at radius 2 is 1.25 bits per heavy atom. The first-order chi connectivity index (χ1) is 1.00. The van der Waals surface area contributed by atoms with E-state index in [1.807, 2.05) is 0 Å². The fourth-order valence-corrected chi connectivity index (χ4v) is 0. The Morgan fingerprint density at radius 3 is 1.25 bits per heavy atom. The van der Waals surface area contributed by atoms with Gasteiger partial charge < -0.3 is 0 Å². The monoisotopic (exact) mass is 310 g/mol. The first-order valence-electron chi connectivity index (χ1n) is 0.189. The molecule has 0 N–H and O–H groups in total. The van der Waals surface area contributed by atoms with Crippen LogP contribution in [0.3, 0.4) is 0 Å². The van der Waals surface area contributed by atoms with Crippen LogP contribution < -0.4 is 0 Å². The number of hydrogen-bond donors (Lipinski definition) is 0. The van der Waals surface area contributed by atoms with Crippen molar-refractivity contribution in [3.63, 3.8) is 0 Å². The van der Waals surface area contributed by atoms with Crippen LogP contribution in [0.1, 0.15) is 0 Å². The Morgan fingerprint density at radius 1 is 1.25 bits per heavy atom. The molecule has 0 saturated heterocycles. The summed E-state index contributed by atoms with van der Waals surface area (Å²) in [5.41, 5.74) is 0. The minimum Gasteiger partial charge on any atom is -0.232 e. The minimum absolute atomic E-state index is 0. The minimum atomic E-state index is 0. The maximum absolute atomic E-state index is 8.75. The van der Waals surface area contributed by atoms with Crippen LogP contribution in [0, 0.1) is 84.5 Å². The average Bonchev–Trinajstić information content (AvgIpc) is 1.00. The van der Waals surface area contributed by atoms with Gasteiger partial charge >= 0.3 is 0 Å². The van der Waals surface area contributed by atoms with Gasteiger partial charge in [0.25, 0.3) is 0 Å². The summed E-state index contributed by atoms with van der Waals surface area (Å²) < 4.78 is 8.75. The van der Waals surface area contributed by atoms with Gasteiger partial charge in [0.05, 0.1) is 0 Å². The van der Waals surface area contributed by atoms with E-state index in [1.165, 1.54) is 0 Å².